The summed E-state index contributed by atoms with van der Waals surface area (Å²) < 4.78 is 5.13. The van der Waals surface area contributed by atoms with Crippen LogP contribution in [0.3, 0.4) is 0 Å². The molecule has 3 N–H and O–H groups in total. The number of benzene rings is 1. The number of carbonyl (C=O) groups excluding carboxylic acids is 1. The maximum Gasteiger partial charge on any atom is 0.339 e. The van der Waals surface area contributed by atoms with Crippen molar-refractivity contribution in [3.63, 3.8) is 0 Å². The third-order valence-corrected chi connectivity index (χ3v) is 6.30. The average Bonchev–Trinajstić information content (AvgIpc) is 2.84. The SMILES string of the molecule is CCCCCCCCCCCCCCCCCCOC(=O)c1cc(C(=O)O)c(C(=O)O)cc1C(=O)O. The van der Waals surface area contributed by atoms with E-state index >= 15 is 0 Å². The molecule has 0 saturated carbocycles. The molecule has 0 bridgehead atoms. The van der Waals surface area contributed by atoms with Crippen LogP contribution >= 0.6 is 0 Å². The quantitative estimate of drug-likeness (QED) is 0.117. The molecule has 36 heavy (non-hydrogen) atoms. The molecule has 0 atom stereocenters. The van der Waals surface area contributed by atoms with Gasteiger partial charge >= 0.3 is 23.9 Å². The molecule has 1 aromatic carbocycles. The Balaban J connectivity index is 2.22. The van der Waals surface area contributed by atoms with Crippen LogP contribution in [0.5, 0.6) is 0 Å². The fourth-order valence-electron chi connectivity index (χ4n) is 4.19. The highest BCUT2D eigenvalue weighted by molar-refractivity contribution is 6.09. The Morgan fingerprint density at radius 2 is 0.833 bits per heavy atom. The lowest BCUT2D eigenvalue weighted by molar-refractivity contribution is 0.0486. The zero-order valence-corrected chi connectivity index (χ0v) is 21.6. The van der Waals surface area contributed by atoms with Crippen LogP contribution in [-0.4, -0.2) is 45.8 Å². The van der Waals surface area contributed by atoms with E-state index in [1.54, 1.807) is 0 Å². The zero-order valence-electron chi connectivity index (χ0n) is 21.6. The molecule has 8 nitrogen and oxygen atoms in total. The first kappa shape index (κ1) is 31.1. The van der Waals surface area contributed by atoms with Gasteiger partial charge in [0.2, 0.25) is 0 Å². The molecular weight excluding hydrogens is 464 g/mol. The van der Waals surface area contributed by atoms with Gasteiger partial charge in [0, 0.05) is 0 Å². The van der Waals surface area contributed by atoms with Crippen LogP contribution in [0.25, 0.3) is 0 Å². The molecule has 8 heteroatoms. The predicted molar refractivity (Wildman–Crippen MR) is 137 cm³/mol. The topological polar surface area (TPSA) is 138 Å². The van der Waals surface area contributed by atoms with Crippen molar-refractivity contribution in [3.05, 3.63) is 34.4 Å². The van der Waals surface area contributed by atoms with E-state index in [9.17, 15) is 29.4 Å². The number of carbonyl (C=O) groups is 4. The van der Waals surface area contributed by atoms with E-state index in [2.05, 4.69) is 6.92 Å². The Hall–Kier alpha value is -2.90. The van der Waals surface area contributed by atoms with Crippen molar-refractivity contribution in [2.45, 2.75) is 110 Å². The van der Waals surface area contributed by atoms with Crippen molar-refractivity contribution in [2.75, 3.05) is 6.61 Å². The molecule has 0 aliphatic carbocycles. The molecule has 1 aromatic rings. The second-order valence-corrected chi connectivity index (χ2v) is 9.30. The van der Waals surface area contributed by atoms with Gasteiger partial charge in [0.05, 0.1) is 28.9 Å². The van der Waals surface area contributed by atoms with E-state index in [1.165, 1.54) is 77.0 Å². The minimum Gasteiger partial charge on any atom is -0.478 e. The van der Waals surface area contributed by atoms with Gasteiger partial charge in [0.1, 0.15) is 0 Å². The second kappa shape index (κ2) is 18.4. The smallest absolute Gasteiger partial charge is 0.339 e. The highest BCUT2D eigenvalue weighted by Crippen LogP contribution is 2.20. The molecule has 0 fully saturated rings. The van der Waals surface area contributed by atoms with Gasteiger partial charge in [-0.3, -0.25) is 0 Å². The fraction of sp³-hybridized carbons (Fsp3) is 0.643. The summed E-state index contributed by atoms with van der Waals surface area (Å²) in [6.07, 6.45) is 19.5. The lowest BCUT2D eigenvalue weighted by Crippen LogP contribution is -2.17. The third-order valence-electron chi connectivity index (χ3n) is 6.30. The van der Waals surface area contributed by atoms with Gasteiger partial charge in [-0.25, -0.2) is 19.2 Å². The summed E-state index contributed by atoms with van der Waals surface area (Å²) in [5, 5.41) is 27.7. The van der Waals surface area contributed by atoms with Crippen LogP contribution in [-0.2, 0) is 4.74 Å². The average molecular weight is 507 g/mol. The fourth-order valence-corrected chi connectivity index (χ4v) is 4.19. The van der Waals surface area contributed by atoms with Gasteiger partial charge in [-0.2, -0.15) is 0 Å². The van der Waals surface area contributed by atoms with Crippen LogP contribution in [0.2, 0.25) is 0 Å². The first-order chi connectivity index (χ1) is 17.3. The molecule has 1 rings (SSSR count). The van der Waals surface area contributed by atoms with Crippen molar-refractivity contribution >= 4 is 23.9 Å². The van der Waals surface area contributed by atoms with Crippen LogP contribution in [0.4, 0.5) is 0 Å². The minimum absolute atomic E-state index is 0.0828. The number of unbranched alkanes of at least 4 members (excludes halogenated alkanes) is 15. The van der Waals surface area contributed by atoms with Crippen molar-refractivity contribution in [2.24, 2.45) is 0 Å². The van der Waals surface area contributed by atoms with E-state index < -0.39 is 46.1 Å². The largest absolute Gasteiger partial charge is 0.478 e. The van der Waals surface area contributed by atoms with Crippen LogP contribution in [0.1, 0.15) is 151 Å². The number of ether oxygens (including phenoxy) is 1. The summed E-state index contributed by atoms with van der Waals surface area (Å²) in [7, 11) is 0. The molecule has 0 saturated heterocycles. The van der Waals surface area contributed by atoms with E-state index in [1.807, 2.05) is 0 Å². The summed E-state index contributed by atoms with van der Waals surface area (Å²) in [5.41, 5.74) is -2.44. The molecule has 0 aliphatic heterocycles. The van der Waals surface area contributed by atoms with Crippen molar-refractivity contribution in [3.8, 4) is 0 Å². The highest BCUT2D eigenvalue weighted by Gasteiger charge is 2.26. The molecule has 0 aliphatic rings. The number of rotatable bonds is 21. The summed E-state index contributed by atoms with van der Waals surface area (Å²) in [5.74, 6) is -5.68. The Morgan fingerprint density at radius 1 is 0.528 bits per heavy atom. The molecule has 0 spiro atoms. The maximum atomic E-state index is 12.4. The summed E-state index contributed by atoms with van der Waals surface area (Å²) >= 11 is 0. The van der Waals surface area contributed by atoms with Gasteiger partial charge in [-0.05, 0) is 18.6 Å². The number of carboxylic acid groups (broad SMARTS) is 3. The number of aromatic carboxylic acids is 3. The Bertz CT molecular complexity index is 846. The van der Waals surface area contributed by atoms with Gasteiger partial charge < -0.3 is 20.1 Å². The van der Waals surface area contributed by atoms with Gasteiger partial charge in [0.25, 0.3) is 0 Å². The lowest BCUT2D eigenvalue weighted by Gasteiger charge is -2.10. The first-order valence-corrected chi connectivity index (χ1v) is 13.3. The van der Waals surface area contributed by atoms with Crippen LogP contribution in [0, 0.1) is 0 Å². The first-order valence-electron chi connectivity index (χ1n) is 13.3. The Labute approximate surface area is 214 Å². The normalized spacial score (nSPS) is 10.8. The van der Waals surface area contributed by atoms with Gasteiger partial charge in [-0.15, -0.1) is 0 Å². The van der Waals surface area contributed by atoms with Crippen molar-refractivity contribution in [1.82, 2.24) is 0 Å². The molecule has 202 valence electrons. The van der Waals surface area contributed by atoms with Gasteiger partial charge in [0.15, 0.2) is 0 Å². The molecule has 0 radical (unpaired) electrons. The standard InChI is InChI=1S/C28H42O8/c1-2-3-4-5-6-7-8-9-10-11-12-13-14-15-16-17-18-36-28(35)24-20-22(26(31)32)21(25(29)30)19-23(24)27(33)34/h19-20H,2-18H2,1H3,(H,29,30)(H,31,32)(H,33,34). The Morgan fingerprint density at radius 3 is 1.19 bits per heavy atom. The zero-order chi connectivity index (χ0) is 26.8. The third kappa shape index (κ3) is 12.2. The van der Waals surface area contributed by atoms with E-state index in [0.717, 1.165) is 25.3 Å². The number of hydrogen-bond donors (Lipinski definition) is 3. The second-order valence-electron chi connectivity index (χ2n) is 9.30. The molecule has 0 aromatic heterocycles. The van der Waals surface area contributed by atoms with Crippen LogP contribution < -0.4 is 0 Å². The van der Waals surface area contributed by atoms with Gasteiger partial charge in [-0.1, -0.05) is 103 Å². The molecular formula is C28H42O8. The molecule has 0 unspecified atom stereocenters. The Kier molecular flexibility index (Phi) is 15.9. The highest BCUT2D eigenvalue weighted by atomic mass is 16.5. The summed E-state index contributed by atoms with van der Waals surface area (Å²) in [6, 6.07) is 1.44. The van der Waals surface area contributed by atoms with E-state index in [0.29, 0.717) is 12.5 Å². The number of carboxylic acids is 3. The number of hydrogen-bond acceptors (Lipinski definition) is 5. The molecule has 0 amide bonds. The monoisotopic (exact) mass is 506 g/mol. The minimum atomic E-state index is -1.59. The van der Waals surface area contributed by atoms with E-state index in [-0.39, 0.29) is 6.61 Å². The summed E-state index contributed by atoms with van der Waals surface area (Å²) in [6.45, 7) is 2.32. The number of esters is 1. The summed E-state index contributed by atoms with van der Waals surface area (Å²) in [4.78, 5) is 46.4. The van der Waals surface area contributed by atoms with Crippen molar-refractivity contribution < 1.29 is 39.2 Å². The predicted octanol–water partition coefficient (Wildman–Crippen LogP) is 7.20. The van der Waals surface area contributed by atoms with Crippen molar-refractivity contribution in [1.29, 1.82) is 0 Å². The lowest BCUT2D eigenvalue weighted by atomic mass is 9.98. The van der Waals surface area contributed by atoms with E-state index in [4.69, 9.17) is 9.84 Å². The van der Waals surface area contributed by atoms with Crippen LogP contribution in [0.15, 0.2) is 12.1 Å². The maximum absolute atomic E-state index is 12.4. The molecule has 0 heterocycles.